The van der Waals surface area contributed by atoms with Gasteiger partial charge in [-0.25, -0.2) is 9.59 Å². The Morgan fingerprint density at radius 3 is 2.59 bits per heavy atom. The molecule has 2 amide bonds. The first-order valence-corrected chi connectivity index (χ1v) is 7.27. The summed E-state index contributed by atoms with van der Waals surface area (Å²) >= 11 is 0. The van der Waals surface area contributed by atoms with Gasteiger partial charge in [0.2, 0.25) is 0 Å². The number of urea groups is 1. The Labute approximate surface area is 129 Å². The molecule has 1 fully saturated rings. The Bertz CT molecular complexity index is 534. The molecule has 6 nitrogen and oxygen atoms in total. The van der Waals surface area contributed by atoms with Gasteiger partial charge in [-0.3, -0.25) is 0 Å². The van der Waals surface area contributed by atoms with Crippen LogP contribution in [0, 0.1) is 0 Å². The maximum Gasteiger partial charge on any atom is 0.330 e. The highest BCUT2D eigenvalue weighted by molar-refractivity contribution is 5.90. The smallest absolute Gasteiger partial charge is 0.330 e. The number of amides is 2. The quantitative estimate of drug-likeness (QED) is 0.683. The van der Waals surface area contributed by atoms with Crippen molar-refractivity contribution in [3.63, 3.8) is 0 Å². The van der Waals surface area contributed by atoms with E-state index >= 15 is 0 Å². The molecule has 0 aliphatic carbocycles. The molecule has 6 heteroatoms. The van der Waals surface area contributed by atoms with E-state index in [1.165, 1.54) is 6.08 Å². The van der Waals surface area contributed by atoms with E-state index in [-0.39, 0.29) is 12.0 Å². The average molecular weight is 304 g/mol. The third kappa shape index (κ3) is 4.89. The van der Waals surface area contributed by atoms with Crippen LogP contribution in [0.3, 0.4) is 0 Å². The molecule has 1 heterocycles. The fraction of sp³-hybridized carbons (Fsp3) is 0.375. The van der Waals surface area contributed by atoms with Crippen LogP contribution in [-0.4, -0.2) is 49.8 Å². The minimum absolute atomic E-state index is 0.127. The second kappa shape index (κ2) is 8.19. The second-order valence-corrected chi connectivity index (χ2v) is 4.74. The third-order valence-electron chi connectivity index (χ3n) is 3.16. The second-order valence-electron chi connectivity index (χ2n) is 4.74. The van der Waals surface area contributed by atoms with Crippen molar-refractivity contribution in [2.24, 2.45) is 0 Å². The summed E-state index contributed by atoms with van der Waals surface area (Å²) in [6.45, 7) is 4.47. The van der Waals surface area contributed by atoms with E-state index < -0.39 is 0 Å². The van der Waals surface area contributed by atoms with Gasteiger partial charge >= 0.3 is 12.0 Å². The number of anilines is 1. The molecule has 0 bridgehead atoms. The third-order valence-corrected chi connectivity index (χ3v) is 3.16. The summed E-state index contributed by atoms with van der Waals surface area (Å²) in [6.07, 6.45) is 3.05. The molecular weight excluding hydrogens is 284 g/mol. The first kappa shape index (κ1) is 16.0. The minimum atomic E-state index is -0.368. The van der Waals surface area contributed by atoms with Crippen LogP contribution < -0.4 is 5.32 Å². The maximum atomic E-state index is 12.0. The predicted octanol–water partition coefficient (Wildman–Crippen LogP) is 2.13. The molecule has 1 aliphatic heterocycles. The van der Waals surface area contributed by atoms with Crippen molar-refractivity contribution in [1.29, 1.82) is 0 Å². The Morgan fingerprint density at radius 2 is 1.95 bits per heavy atom. The van der Waals surface area contributed by atoms with Crippen molar-refractivity contribution in [2.45, 2.75) is 6.92 Å². The Hall–Kier alpha value is -2.34. The van der Waals surface area contributed by atoms with Crippen molar-refractivity contribution in [3.05, 3.63) is 35.9 Å². The lowest BCUT2D eigenvalue weighted by molar-refractivity contribution is -0.137. The summed E-state index contributed by atoms with van der Waals surface area (Å²) in [4.78, 5) is 25.0. The van der Waals surface area contributed by atoms with E-state index in [0.717, 1.165) is 5.56 Å². The number of esters is 1. The lowest BCUT2D eigenvalue weighted by Gasteiger charge is -2.26. The molecule has 2 rings (SSSR count). The number of rotatable bonds is 4. The molecule has 1 saturated heterocycles. The number of ether oxygens (including phenoxy) is 2. The van der Waals surface area contributed by atoms with Gasteiger partial charge in [0.05, 0.1) is 19.8 Å². The van der Waals surface area contributed by atoms with E-state index in [0.29, 0.717) is 38.6 Å². The highest BCUT2D eigenvalue weighted by Crippen LogP contribution is 2.12. The number of carbonyl (C=O) groups excluding carboxylic acids is 2. The number of nitrogens with one attached hydrogen (secondary N) is 1. The predicted molar refractivity (Wildman–Crippen MR) is 83.5 cm³/mol. The molecule has 0 unspecified atom stereocenters. The number of hydrogen-bond acceptors (Lipinski definition) is 4. The molecule has 0 saturated carbocycles. The molecule has 118 valence electrons. The molecule has 1 aliphatic rings. The molecule has 1 aromatic rings. The van der Waals surface area contributed by atoms with Gasteiger partial charge < -0.3 is 19.7 Å². The highest BCUT2D eigenvalue weighted by Gasteiger charge is 2.16. The Balaban J connectivity index is 1.88. The number of benzene rings is 1. The SMILES string of the molecule is CCOC(=O)/C=C/c1ccc(NC(=O)N2CCOCC2)cc1. The van der Waals surface area contributed by atoms with Gasteiger partial charge in [0.1, 0.15) is 0 Å². The Morgan fingerprint density at radius 1 is 1.27 bits per heavy atom. The van der Waals surface area contributed by atoms with E-state index in [1.54, 1.807) is 30.0 Å². The lowest BCUT2D eigenvalue weighted by atomic mass is 10.2. The zero-order chi connectivity index (χ0) is 15.8. The summed E-state index contributed by atoms with van der Waals surface area (Å²) in [7, 11) is 0. The summed E-state index contributed by atoms with van der Waals surface area (Å²) < 4.78 is 10.0. The van der Waals surface area contributed by atoms with Crippen LogP contribution in [0.2, 0.25) is 0 Å². The van der Waals surface area contributed by atoms with Crippen LogP contribution in [-0.2, 0) is 14.3 Å². The first-order chi connectivity index (χ1) is 10.7. The largest absolute Gasteiger partial charge is 0.463 e. The van der Waals surface area contributed by atoms with Gasteiger partial charge in [-0.15, -0.1) is 0 Å². The molecular formula is C16H20N2O4. The minimum Gasteiger partial charge on any atom is -0.463 e. The highest BCUT2D eigenvalue weighted by atomic mass is 16.5. The summed E-state index contributed by atoms with van der Waals surface area (Å²) in [5.41, 5.74) is 1.57. The van der Waals surface area contributed by atoms with Gasteiger partial charge in [0, 0.05) is 24.9 Å². The summed E-state index contributed by atoms with van der Waals surface area (Å²) in [6, 6.07) is 7.11. The van der Waals surface area contributed by atoms with E-state index in [9.17, 15) is 9.59 Å². The number of carbonyl (C=O) groups is 2. The van der Waals surface area contributed by atoms with Crippen LogP contribution in [0.1, 0.15) is 12.5 Å². The zero-order valence-electron chi connectivity index (χ0n) is 12.6. The van der Waals surface area contributed by atoms with Gasteiger partial charge in [-0.05, 0) is 30.7 Å². The normalized spacial score (nSPS) is 14.9. The molecule has 0 spiro atoms. The summed E-state index contributed by atoms with van der Waals surface area (Å²) in [5.74, 6) is -0.368. The Kier molecular flexibility index (Phi) is 5.97. The van der Waals surface area contributed by atoms with Crippen molar-refractivity contribution in [1.82, 2.24) is 4.90 Å². The maximum absolute atomic E-state index is 12.0. The van der Waals surface area contributed by atoms with Gasteiger partial charge in [-0.2, -0.15) is 0 Å². The van der Waals surface area contributed by atoms with Crippen LogP contribution >= 0.6 is 0 Å². The first-order valence-electron chi connectivity index (χ1n) is 7.27. The van der Waals surface area contributed by atoms with Crippen molar-refractivity contribution in [2.75, 3.05) is 38.2 Å². The molecule has 1 aromatic carbocycles. The fourth-order valence-corrected chi connectivity index (χ4v) is 2.00. The van der Waals surface area contributed by atoms with Crippen LogP contribution in [0.4, 0.5) is 10.5 Å². The monoisotopic (exact) mass is 304 g/mol. The number of hydrogen-bond donors (Lipinski definition) is 1. The van der Waals surface area contributed by atoms with E-state index in [4.69, 9.17) is 9.47 Å². The number of morpholine rings is 1. The molecule has 0 radical (unpaired) electrons. The van der Waals surface area contributed by atoms with Gasteiger partial charge in [-0.1, -0.05) is 12.1 Å². The topological polar surface area (TPSA) is 67.9 Å². The van der Waals surface area contributed by atoms with E-state index in [1.807, 2.05) is 12.1 Å². The molecule has 1 N–H and O–H groups in total. The average Bonchev–Trinajstić information content (AvgIpc) is 2.55. The van der Waals surface area contributed by atoms with Crippen molar-refractivity contribution in [3.8, 4) is 0 Å². The standard InChI is InChI=1S/C16H20N2O4/c1-2-22-15(19)8-5-13-3-6-14(7-4-13)17-16(20)18-9-11-21-12-10-18/h3-8H,2,9-12H2,1H3,(H,17,20)/b8-5+. The lowest BCUT2D eigenvalue weighted by Crippen LogP contribution is -2.43. The number of nitrogens with zero attached hydrogens (tertiary/aromatic N) is 1. The van der Waals surface area contributed by atoms with Crippen LogP contribution in [0.15, 0.2) is 30.3 Å². The fourth-order valence-electron chi connectivity index (χ4n) is 2.00. The van der Waals surface area contributed by atoms with Gasteiger partial charge in [0.15, 0.2) is 0 Å². The summed E-state index contributed by atoms with van der Waals surface area (Å²) in [5, 5.41) is 2.84. The molecule has 0 atom stereocenters. The van der Waals surface area contributed by atoms with Gasteiger partial charge in [0.25, 0.3) is 0 Å². The van der Waals surface area contributed by atoms with Crippen LogP contribution in [0.25, 0.3) is 6.08 Å². The van der Waals surface area contributed by atoms with Crippen molar-refractivity contribution < 1.29 is 19.1 Å². The molecule has 22 heavy (non-hydrogen) atoms. The zero-order valence-corrected chi connectivity index (χ0v) is 12.6. The van der Waals surface area contributed by atoms with E-state index in [2.05, 4.69) is 5.32 Å². The molecule has 0 aromatic heterocycles. The van der Waals surface area contributed by atoms with Crippen LogP contribution in [0.5, 0.6) is 0 Å². The van der Waals surface area contributed by atoms with Crippen molar-refractivity contribution >= 4 is 23.8 Å².